The van der Waals surface area contributed by atoms with Crippen LogP contribution in [0.5, 0.6) is 0 Å². The van der Waals surface area contributed by atoms with E-state index in [-0.39, 0.29) is 25.0 Å². The molecule has 1 N–H and O–H groups in total. The van der Waals surface area contributed by atoms with Gasteiger partial charge in [-0.1, -0.05) is 23.7 Å². The molecule has 0 aliphatic carbocycles. The Morgan fingerprint density at radius 1 is 1.25 bits per heavy atom. The normalized spacial score (nSPS) is 12.0. The summed E-state index contributed by atoms with van der Waals surface area (Å²) in [5.41, 5.74) is 3.05. The Morgan fingerprint density at radius 2 is 1.96 bits per heavy atom. The molecule has 1 amide bonds. The van der Waals surface area contributed by atoms with E-state index in [4.69, 9.17) is 16.3 Å². The second kappa shape index (κ2) is 8.35. The lowest BCUT2D eigenvalue weighted by Gasteiger charge is -2.15. The van der Waals surface area contributed by atoms with Gasteiger partial charge in [0, 0.05) is 22.0 Å². The number of ether oxygens (including phenoxy) is 1. The van der Waals surface area contributed by atoms with Crippen LogP contribution in [0.4, 0.5) is 0 Å². The molecule has 9 heteroatoms. The largest absolute Gasteiger partial charge is 0.455 e. The highest BCUT2D eigenvalue weighted by molar-refractivity contribution is 6.30. The van der Waals surface area contributed by atoms with Crippen LogP contribution in [0.1, 0.15) is 35.5 Å². The second-order valence-electron chi connectivity index (χ2n) is 6.41. The first-order chi connectivity index (χ1) is 13.3. The van der Waals surface area contributed by atoms with Crippen molar-refractivity contribution in [3.8, 4) is 0 Å². The van der Waals surface area contributed by atoms with E-state index in [0.717, 1.165) is 11.3 Å². The fraction of sp³-hybridized carbons (Fsp3) is 0.316. The molecule has 2 heterocycles. The number of fused-ring (bicyclic) bond motifs is 1. The van der Waals surface area contributed by atoms with E-state index >= 15 is 0 Å². The van der Waals surface area contributed by atoms with E-state index < -0.39 is 5.97 Å². The van der Waals surface area contributed by atoms with Gasteiger partial charge < -0.3 is 10.1 Å². The summed E-state index contributed by atoms with van der Waals surface area (Å²) in [6, 6.07) is 6.94. The quantitative estimate of drug-likeness (QED) is 0.636. The molecule has 3 aromatic rings. The Kier molecular flexibility index (Phi) is 5.89. The Labute approximate surface area is 166 Å². The number of hydrogen-bond donors (Lipinski definition) is 1. The summed E-state index contributed by atoms with van der Waals surface area (Å²) in [7, 11) is 0. The van der Waals surface area contributed by atoms with Crippen molar-refractivity contribution in [1.82, 2.24) is 24.9 Å². The van der Waals surface area contributed by atoms with E-state index in [1.807, 2.05) is 26.0 Å². The van der Waals surface area contributed by atoms with Crippen LogP contribution in [0.15, 0.2) is 30.6 Å². The van der Waals surface area contributed by atoms with E-state index in [1.165, 1.54) is 6.33 Å². The monoisotopic (exact) mass is 401 g/mol. The SMILES string of the molecule is Cc1nc2ncnn2c(C)c1CC(=O)OCC(=O)N[C@H](C)c1ccc(Cl)cc1. The van der Waals surface area contributed by atoms with Gasteiger partial charge in [-0.2, -0.15) is 10.1 Å². The number of carbonyl (C=O) groups excluding carboxylic acids is 2. The lowest BCUT2D eigenvalue weighted by Crippen LogP contribution is -2.31. The molecule has 0 bridgehead atoms. The molecule has 0 radical (unpaired) electrons. The molecule has 8 nitrogen and oxygen atoms in total. The summed E-state index contributed by atoms with van der Waals surface area (Å²) in [4.78, 5) is 32.6. The number of aromatic nitrogens is 4. The van der Waals surface area contributed by atoms with Crippen molar-refractivity contribution in [3.05, 3.63) is 58.1 Å². The Balaban J connectivity index is 1.55. The van der Waals surface area contributed by atoms with Crippen LogP contribution in [0.25, 0.3) is 5.78 Å². The van der Waals surface area contributed by atoms with Gasteiger partial charge in [0.1, 0.15) is 6.33 Å². The topological polar surface area (TPSA) is 98.5 Å². The maximum Gasteiger partial charge on any atom is 0.310 e. The van der Waals surface area contributed by atoms with Gasteiger partial charge in [0.25, 0.3) is 11.7 Å². The van der Waals surface area contributed by atoms with Gasteiger partial charge >= 0.3 is 5.97 Å². The first kappa shape index (κ1) is 19.8. The molecule has 146 valence electrons. The number of carbonyl (C=O) groups is 2. The zero-order chi connectivity index (χ0) is 20.3. The van der Waals surface area contributed by atoms with E-state index in [2.05, 4.69) is 20.4 Å². The van der Waals surface area contributed by atoms with E-state index in [1.54, 1.807) is 23.6 Å². The number of hydrogen-bond acceptors (Lipinski definition) is 6. The highest BCUT2D eigenvalue weighted by atomic mass is 35.5. The number of amides is 1. The third-order valence-electron chi connectivity index (χ3n) is 4.42. The number of rotatable bonds is 6. The molecule has 1 atom stereocenters. The zero-order valence-corrected chi connectivity index (χ0v) is 16.5. The van der Waals surface area contributed by atoms with Crippen molar-refractivity contribution in [2.75, 3.05) is 6.61 Å². The van der Waals surface area contributed by atoms with Crippen molar-refractivity contribution >= 4 is 29.3 Å². The maximum atomic E-state index is 12.2. The first-order valence-corrected chi connectivity index (χ1v) is 9.09. The number of aryl methyl sites for hydroxylation is 2. The predicted molar refractivity (Wildman–Crippen MR) is 103 cm³/mol. The summed E-state index contributed by atoms with van der Waals surface area (Å²) >= 11 is 5.86. The van der Waals surface area contributed by atoms with Crippen molar-refractivity contribution in [2.24, 2.45) is 0 Å². The molecular formula is C19H20ClN5O3. The van der Waals surface area contributed by atoms with Crippen molar-refractivity contribution in [3.63, 3.8) is 0 Å². The summed E-state index contributed by atoms with van der Waals surface area (Å²) in [6.45, 7) is 5.12. The highest BCUT2D eigenvalue weighted by Crippen LogP contribution is 2.16. The van der Waals surface area contributed by atoms with E-state index in [0.29, 0.717) is 22.1 Å². The van der Waals surface area contributed by atoms with Crippen LogP contribution in [0, 0.1) is 13.8 Å². The van der Waals surface area contributed by atoms with Crippen molar-refractivity contribution in [2.45, 2.75) is 33.2 Å². The minimum atomic E-state index is -0.512. The molecule has 0 saturated carbocycles. The molecule has 3 rings (SSSR count). The van der Waals surface area contributed by atoms with Crippen LogP contribution >= 0.6 is 11.6 Å². The summed E-state index contributed by atoms with van der Waals surface area (Å²) in [6.07, 6.45) is 1.41. The summed E-state index contributed by atoms with van der Waals surface area (Å²) in [5, 5.41) is 7.50. The minimum Gasteiger partial charge on any atom is -0.455 e. The van der Waals surface area contributed by atoms with Crippen LogP contribution in [-0.2, 0) is 20.7 Å². The molecule has 0 spiro atoms. The molecule has 2 aromatic heterocycles. The second-order valence-corrected chi connectivity index (χ2v) is 6.85. The number of nitrogens with zero attached hydrogens (tertiary/aromatic N) is 4. The Hall–Kier alpha value is -3.00. The van der Waals surface area contributed by atoms with Crippen molar-refractivity contribution in [1.29, 1.82) is 0 Å². The molecule has 1 aromatic carbocycles. The molecule has 0 aliphatic rings. The number of halogens is 1. The molecule has 0 unspecified atom stereocenters. The fourth-order valence-corrected chi connectivity index (χ4v) is 3.00. The first-order valence-electron chi connectivity index (χ1n) is 8.71. The van der Waals surface area contributed by atoms with E-state index in [9.17, 15) is 9.59 Å². The highest BCUT2D eigenvalue weighted by Gasteiger charge is 2.17. The van der Waals surface area contributed by atoms with Crippen LogP contribution in [-0.4, -0.2) is 38.1 Å². The molecule has 0 fully saturated rings. The van der Waals surface area contributed by atoms with Gasteiger partial charge in [-0.25, -0.2) is 9.50 Å². The van der Waals surface area contributed by atoms with Gasteiger partial charge in [-0.3, -0.25) is 9.59 Å². The van der Waals surface area contributed by atoms with Gasteiger partial charge in [-0.05, 0) is 38.5 Å². The minimum absolute atomic E-state index is 0.000481. The average Bonchev–Trinajstić information content (AvgIpc) is 3.12. The number of nitrogens with one attached hydrogen (secondary N) is 1. The molecule has 0 saturated heterocycles. The summed E-state index contributed by atoms with van der Waals surface area (Å²) in [5.74, 6) is -0.418. The van der Waals surface area contributed by atoms with Gasteiger partial charge in [0.2, 0.25) is 0 Å². The Bertz CT molecular complexity index is 1020. The fourth-order valence-electron chi connectivity index (χ4n) is 2.87. The number of esters is 1. The van der Waals surface area contributed by atoms with Crippen LogP contribution in [0.3, 0.4) is 0 Å². The maximum absolute atomic E-state index is 12.2. The van der Waals surface area contributed by atoms with Crippen LogP contribution in [0.2, 0.25) is 5.02 Å². The zero-order valence-electron chi connectivity index (χ0n) is 15.8. The molecule has 0 aliphatic heterocycles. The van der Waals surface area contributed by atoms with Crippen LogP contribution < -0.4 is 5.32 Å². The lowest BCUT2D eigenvalue weighted by molar-refractivity contribution is -0.148. The summed E-state index contributed by atoms with van der Waals surface area (Å²) < 4.78 is 6.69. The number of benzene rings is 1. The average molecular weight is 402 g/mol. The van der Waals surface area contributed by atoms with Gasteiger partial charge in [0.15, 0.2) is 6.61 Å². The van der Waals surface area contributed by atoms with Gasteiger partial charge in [-0.15, -0.1) is 0 Å². The smallest absolute Gasteiger partial charge is 0.310 e. The van der Waals surface area contributed by atoms with Gasteiger partial charge in [0.05, 0.1) is 12.5 Å². The van der Waals surface area contributed by atoms with Crippen molar-refractivity contribution < 1.29 is 14.3 Å². The third-order valence-corrected chi connectivity index (χ3v) is 4.67. The molecular weight excluding hydrogens is 382 g/mol. The predicted octanol–water partition coefficient (Wildman–Crippen LogP) is 2.36. The standard InChI is InChI=1S/C19H20ClN5O3/c1-11(14-4-6-15(20)7-5-14)23-17(26)9-28-18(27)8-16-12(2)24-19-21-10-22-25(19)13(16)3/h4-7,10-11H,8-9H2,1-3H3,(H,23,26)/t11-/m1/s1. The molecule has 28 heavy (non-hydrogen) atoms. The lowest BCUT2D eigenvalue weighted by atomic mass is 10.1. The third kappa shape index (κ3) is 4.45. The Morgan fingerprint density at radius 3 is 2.68 bits per heavy atom.